The Morgan fingerprint density at radius 1 is 1.41 bits per heavy atom. The van der Waals surface area contributed by atoms with Gasteiger partial charge in [0.15, 0.2) is 9.84 Å². The second kappa shape index (κ2) is 4.86. The Morgan fingerprint density at radius 3 is 2.71 bits per heavy atom. The van der Waals surface area contributed by atoms with Crippen LogP contribution in [0.1, 0.15) is 26.7 Å². The molecule has 1 unspecified atom stereocenters. The van der Waals surface area contributed by atoms with Crippen LogP contribution in [-0.2, 0) is 9.84 Å². The van der Waals surface area contributed by atoms with Crippen LogP contribution >= 0.6 is 0 Å². The van der Waals surface area contributed by atoms with Crippen molar-refractivity contribution >= 4 is 9.84 Å². The Bertz CT molecular complexity index is 365. The van der Waals surface area contributed by atoms with E-state index in [9.17, 15) is 8.42 Å². The zero-order valence-electron chi connectivity index (χ0n) is 10.9. The molecule has 0 radical (unpaired) electrons. The van der Waals surface area contributed by atoms with Crippen molar-refractivity contribution in [1.29, 1.82) is 0 Å². The summed E-state index contributed by atoms with van der Waals surface area (Å²) in [4.78, 5) is 2.31. The second-order valence-corrected chi connectivity index (χ2v) is 8.10. The van der Waals surface area contributed by atoms with Crippen LogP contribution in [-0.4, -0.2) is 56.5 Å². The predicted octanol–water partition coefficient (Wildman–Crippen LogP) is 0.495. The van der Waals surface area contributed by atoms with Crippen LogP contribution in [0.3, 0.4) is 0 Å². The van der Waals surface area contributed by atoms with Gasteiger partial charge in [-0.15, -0.1) is 0 Å². The molecule has 0 aromatic rings. The molecular weight excluding hydrogens is 236 g/mol. The number of sulfone groups is 1. The molecule has 1 saturated carbocycles. The normalized spacial score (nSPS) is 31.6. The summed E-state index contributed by atoms with van der Waals surface area (Å²) in [5.41, 5.74) is 0.216. The summed E-state index contributed by atoms with van der Waals surface area (Å²) in [6.07, 6.45) is 2.65. The van der Waals surface area contributed by atoms with E-state index in [-0.39, 0.29) is 11.3 Å². The highest BCUT2D eigenvalue weighted by Gasteiger charge is 2.43. The van der Waals surface area contributed by atoms with Gasteiger partial charge in [0.2, 0.25) is 0 Å². The lowest BCUT2D eigenvalue weighted by molar-refractivity contribution is 0.133. The molecule has 5 heteroatoms. The maximum absolute atomic E-state index is 11.5. The van der Waals surface area contributed by atoms with E-state index in [1.165, 1.54) is 12.8 Å². The molecule has 0 amide bonds. The summed E-state index contributed by atoms with van der Waals surface area (Å²) in [5.74, 6) is 1.37. The minimum atomic E-state index is -2.82. The molecule has 0 spiro atoms. The monoisotopic (exact) mass is 260 g/mol. The number of hydrogen-bond donors (Lipinski definition) is 1. The summed E-state index contributed by atoms with van der Waals surface area (Å²) in [6, 6.07) is 0. The van der Waals surface area contributed by atoms with Gasteiger partial charge < -0.3 is 5.32 Å². The number of piperazine rings is 1. The molecule has 2 aliphatic rings. The first kappa shape index (κ1) is 13.3. The molecule has 0 aromatic carbocycles. The van der Waals surface area contributed by atoms with Crippen LogP contribution < -0.4 is 5.32 Å². The van der Waals surface area contributed by atoms with Crippen LogP contribution in [0.25, 0.3) is 0 Å². The molecule has 4 nitrogen and oxygen atoms in total. The van der Waals surface area contributed by atoms with E-state index in [2.05, 4.69) is 17.1 Å². The molecule has 1 aliphatic heterocycles. The van der Waals surface area contributed by atoms with Crippen LogP contribution in [0.15, 0.2) is 0 Å². The van der Waals surface area contributed by atoms with Gasteiger partial charge in [-0.25, -0.2) is 8.42 Å². The van der Waals surface area contributed by atoms with Crippen molar-refractivity contribution in [2.75, 3.05) is 37.7 Å². The van der Waals surface area contributed by atoms with Crippen LogP contribution in [0.5, 0.6) is 0 Å². The van der Waals surface area contributed by atoms with Crippen molar-refractivity contribution < 1.29 is 8.42 Å². The summed E-state index contributed by atoms with van der Waals surface area (Å²) in [6.45, 7) is 7.66. The maximum atomic E-state index is 11.5. The second-order valence-electron chi connectivity index (χ2n) is 5.63. The molecule has 1 aliphatic carbocycles. The van der Waals surface area contributed by atoms with Gasteiger partial charge in [0.05, 0.1) is 5.75 Å². The fourth-order valence-electron chi connectivity index (χ4n) is 2.70. The van der Waals surface area contributed by atoms with E-state index in [1.807, 2.05) is 0 Å². The molecule has 1 atom stereocenters. The van der Waals surface area contributed by atoms with Crippen LogP contribution in [0.4, 0.5) is 0 Å². The van der Waals surface area contributed by atoms with Crippen molar-refractivity contribution in [3.8, 4) is 0 Å². The van der Waals surface area contributed by atoms with E-state index >= 15 is 0 Å². The lowest BCUT2D eigenvalue weighted by Gasteiger charge is -2.42. The Morgan fingerprint density at radius 2 is 2.12 bits per heavy atom. The molecule has 17 heavy (non-hydrogen) atoms. The Hall–Kier alpha value is -0.130. The molecule has 0 bridgehead atoms. The molecule has 1 heterocycles. The summed E-state index contributed by atoms with van der Waals surface area (Å²) in [5, 5.41) is 3.61. The van der Waals surface area contributed by atoms with E-state index in [4.69, 9.17) is 0 Å². The number of nitrogens with one attached hydrogen (secondary N) is 1. The third kappa shape index (κ3) is 3.42. The molecule has 2 fully saturated rings. The molecule has 0 aromatic heterocycles. The highest BCUT2D eigenvalue weighted by molar-refractivity contribution is 7.91. The molecule has 2 rings (SSSR count). The van der Waals surface area contributed by atoms with Gasteiger partial charge in [0, 0.05) is 37.5 Å². The van der Waals surface area contributed by atoms with Crippen LogP contribution in [0.2, 0.25) is 0 Å². The lowest BCUT2D eigenvalue weighted by atomic mass is 9.93. The van der Waals surface area contributed by atoms with E-state index in [0.717, 1.165) is 25.6 Å². The number of rotatable bonds is 5. The van der Waals surface area contributed by atoms with Crippen molar-refractivity contribution in [3.63, 3.8) is 0 Å². The molecule has 1 saturated heterocycles. The van der Waals surface area contributed by atoms with Gasteiger partial charge in [-0.2, -0.15) is 0 Å². The summed E-state index contributed by atoms with van der Waals surface area (Å²) in [7, 11) is -2.82. The number of hydrogen-bond acceptors (Lipinski definition) is 4. The highest BCUT2D eigenvalue weighted by atomic mass is 32.2. The van der Waals surface area contributed by atoms with Crippen molar-refractivity contribution in [1.82, 2.24) is 10.2 Å². The predicted molar refractivity (Wildman–Crippen MR) is 69.9 cm³/mol. The van der Waals surface area contributed by atoms with Crippen molar-refractivity contribution in [3.05, 3.63) is 0 Å². The van der Waals surface area contributed by atoms with E-state index < -0.39 is 9.84 Å². The van der Waals surface area contributed by atoms with Gasteiger partial charge in [-0.1, -0.05) is 6.92 Å². The molecule has 1 N–H and O–H groups in total. The van der Waals surface area contributed by atoms with Gasteiger partial charge >= 0.3 is 0 Å². The number of nitrogens with zero attached hydrogens (tertiary/aromatic N) is 1. The van der Waals surface area contributed by atoms with Gasteiger partial charge in [-0.3, -0.25) is 4.90 Å². The van der Waals surface area contributed by atoms with Gasteiger partial charge in [-0.05, 0) is 25.7 Å². The Labute approximate surface area is 105 Å². The third-order valence-electron chi connectivity index (χ3n) is 4.15. The Kier molecular flexibility index (Phi) is 3.80. The van der Waals surface area contributed by atoms with Crippen molar-refractivity contribution in [2.24, 2.45) is 5.92 Å². The van der Waals surface area contributed by atoms with Crippen molar-refractivity contribution in [2.45, 2.75) is 32.2 Å². The Balaban J connectivity index is 1.85. The fourth-order valence-corrected chi connectivity index (χ4v) is 3.52. The quantitative estimate of drug-likeness (QED) is 0.782. The molecular formula is C12H24N2O2S. The zero-order chi connectivity index (χ0) is 12.5. The lowest BCUT2D eigenvalue weighted by Crippen LogP contribution is -2.60. The summed E-state index contributed by atoms with van der Waals surface area (Å²) < 4.78 is 23.0. The average Bonchev–Trinajstić information content (AvgIpc) is 3.11. The topological polar surface area (TPSA) is 49.4 Å². The smallest absolute Gasteiger partial charge is 0.151 e. The minimum Gasteiger partial charge on any atom is -0.309 e. The molecule has 100 valence electrons. The van der Waals surface area contributed by atoms with E-state index in [0.29, 0.717) is 12.3 Å². The minimum absolute atomic E-state index is 0.216. The zero-order valence-corrected chi connectivity index (χ0v) is 11.7. The standard InChI is InChI=1S/C12H24N2O2S/c1-3-17(15,16)9-8-14-7-6-13-12(2,10-14)11-4-5-11/h11,13H,3-10H2,1-2H3. The fraction of sp³-hybridized carbons (Fsp3) is 1.00. The first-order chi connectivity index (χ1) is 7.95. The first-order valence-electron chi connectivity index (χ1n) is 6.63. The highest BCUT2D eigenvalue weighted by Crippen LogP contribution is 2.40. The summed E-state index contributed by atoms with van der Waals surface area (Å²) >= 11 is 0. The SMILES string of the molecule is CCS(=O)(=O)CCN1CCNC(C)(C2CC2)C1. The van der Waals surface area contributed by atoms with Gasteiger partial charge in [0.25, 0.3) is 0 Å². The average molecular weight is 260 g/mol. The van der Waals surface area contributed by atoms with Crippen LogP contribution in [0, 0.1) is 5.92 Å². The largest absolute Gasteiger partial charge is 0.309 e. The third-order valence-corrected chi connectivity index (χ3v) is 5.83. The first-order valence-corrected chi connectivity index (χ1v) is 8.45. The van der Waals surface area contributed by atoms with Gasteiger partial charge in [0.1, 0.15) is 0 Å². The van der Waals surface area contributed by atoms with E-state index in [1.54, 1.807) is 6.92 Å². The maximum Gasteiger partial charge on any atom is 0.151 e.